The first-order valence-electron chi connectivity index (χ1n) is 20.3. The van der Waals surface area contributed by atoms with Crippen LogP contribution in [0, 0.1) is 0 Å². The Balaban J connectivity index is 1.33. The minimum absolute atomic E-state index is 0.000678. The molecule has 58 heavy (non-hydrogen) atoms. The lowest BCUT2D eigenvalue weighted by Crippen LogP contribution is -2.16. The van der Waals surface area contributed by atoms with Gasteiger partial charge in [0.15, 0.2) is 0 Å². The molecule has 0 saturated carbocycles. The Hall–Kier alpha value is -5.33. The third kappa shape index (κ3) is 8.04. The number of hydrogen-bond acceptors (Lipinski definition) is 5. The summed E-state index contributed by atoms with van der Waals surface area (Å²) in [5.74, 6) is 0.584. The molecule has 0 atom stereocenters. The van der Waals surface area contributed by atoms with Crippen LogP contribution in [-0.4, -0.2) is 8.42 Å². The molecule has 0 saturated heterocycles. The van der Waals surface area contributed by atoms with E-state index in [9.17, 15) is 8.42 Å². The summed E-state index contributed by atoms with van der Waals surface area (Å²) in [6, 6.07) is 45.2. The van der Waals surface area contributed by atoms with Crippen molar-refractivity contribution in [3.05, 3.63) is 156 Å². The summed E-state index contributed by atoms with van der Waals surface area (Å²) in [6.07, 6.45) is 0. The first-order chi connectivity index (χ1) is 27.0. The number of hydrogen-bond donors (Lipinski definition) is 0. The zero-order valence-electron chi connectivity index (χ0n) is 36.2. The molecule has 0 aliphatic carbocycles. The van der Waals surface area contributed by atoms with Gasteiger partial charge in [-0.15, -0.1) is 0 Å². The molecule has 0 spiro atoms. The molecule has 0 amide bonds. The Kier molecular flexibility index (Phi) is 10.2. The lowest BCUT2D eigenvalue weighted by molar-refractivity contribution is 0.443. The van der Waals surface area contributed by atoms with Gasteiger partial charge in [0.25, 0.3) is 0 Å². The van der Waals surface area contributed by atoms with E-state index in [1.165, 1.54) is 22.3 Å². The molecule has 0 bridgehead atoms. The van der Waals surface area contributed by atoms with Crippen LogP contribution in [-0.2, 0) is 31.5 Å². The van der Waals surface area contributed by atoms with Crippen molar-refractivity contribution < 1.29 is 13.2 Å². The van der Waals surface area contributed by atoms with Gasteiger partial charge >= 0.3 is 0 Å². The summed E-state index contributed by atoms with van der Waals surface area (Å²) >= 11 is 0. The zero-order valence-corrected chi connectivity index (χ0v) is 37.0. The van der Waals surface area contributed by atoms with Crippen LogP contribution in [0.2, 0.25) is 0 Å². The van der Waals surface area contributed by atoms with Crippen LogP contribution in [0.4, 0.5) is 34.1 Å². The fraction of sp³-hybridized carbons (Fsp3) is 0.308. The third-order valence-corrected chi connectivity index (χ3v) is 13.0. The molecule has 7 rings (SSSR count). The van der Waals surface area contributed by atoms with E-state index in [2.05, 4.69) is 190 Å². The first-order valence-corrected chi connectivity index (χ1v) is 21.7. The highest BCUT2D eigenvalue weighted by atomic mass is 32.2. The molecule has 5 nitrogen and oxygen atoms in total. The van der Waals surface area contributed by atoms with Crippen molar-refractivity contribution in [2.45, 2.75) is 115 Å². The highest BCUT2D eigenvalue weighted by Crippen LogP contribution is 2.49. The van der Waals surface area contributed by atoms with Crippen LogP contribution < -0.4 is 14.5 Å². The number of sulfone groups is 1. The van der Waals surface area contributed by atoms with Gasteiger partial charge in [0.2, 0.25) is 9.84 Å². The van der Waals surface area contributed by atoms with E-state index in [0.717, 1.165) is 34.1 Å². The highest BCUT2D eigenvalue weighted by molar-refractivity contribution is 7.91. The molecule has 300 valence electrons. The molecule has 0 aromatic heterocycles. The van der Waals surface area contributed by atoms with E-state index in [1.807, 2.05) is 24.3 Å². The van der Waals surface area contributed by atoms with Crippen molar-refractivity contribution in [3.8, 4) is 11.5 Å². The van der Waals surface area contributed by atoms with Crippen LogP contribution in [0.5, 0.6) is 11.5 Å². The standard InChI is InChI=1S/C52H58N2O3S/c1-49(2,3)35-13-21-39(22-14-35)53(40-23-15-36(16-24-40)50(4,5)6)43-29-31-47-45(33-43)57-46-34-44(30-32-48(46)58(47,55)56)54(41-25-17-37(18-26-41)51(7,8)9)42-27-19-38(20-28-42)52(10,11)12/h13-34H,1-12H3. The largest absolute Gasteiger partial charge is 0.454 e. The van der Waals surface area contributed by atoms with Crippen molar-refractivity contribution in [1.29, 1.82) is 0 Å². The van der Waals surface area contributed by atoms with E-state index < -0.39 is 9.84 Å². The van der Waals surface area contributed by atoms with Gasteiger partial charge in [0.05, 0.1) is 0 Å². The van der Waals surface area contributed by atoms with Crippen molar-refractivity contribution in [3.63, 3.8) is 0 Å². The van der Waals surface area contributed by atoms with E-state index in [1.54, 1.807) is 12.1 Å². The fourth-order valence-electron chi connectivity index (χ4n) is 7.45. The van der Waals surface area contributed by atoms with E-state index >= 15 is 0 Å². The number of fused-ring (bicyclic) bond motifs is 2. The Labute approximate surface area is 347 Å². The fourth-order valence-corrected chi connectivity index (χ4v) is 8.91. The summed E-state index contributed by atoms with van der Waals surface area (Å²) in [6.45, 7) is 26.5. The average Bonchev–Trinajstić information content (AvgIpc) is 3.14. The smallest absolute Gasteiger partial charge is 0.213 e. The molecule has 1 aliphatic rings. The maximum atomic E-state index is 14.4. The van der Waals surface area contributed by atoms with E-state index in [4.69, 9.17) is 4.74 Å². The van der Waals surface area contributed by atoms with Crippen molar-refractivity contribution >= 4 is 44.0 Å². The van der Waals surface area contributed by atoms with Gasteiger partial charge < -0.3 is 14.5 Å². The maximum absolute atomic E-state index is 14.4. The van der Waals surface area contributed by atoms with Crippen molar-refractivity contribution in [2.75, 3.05) is 9.80 Å². The Morgan fingerprint density at radius 3 is 0.793 bits per heavy atom. The summed E-state index contributed by atoms with van der Waals surface area (Å²) < 4.78 is 35.4. The predicted molar refractivity (Wildman–Crippen MR) is 243 cm³/mol. The van der Waals surface area contributed by atoms with E-state index in [-0.39, 0.29) is 31.5 Å². The molecular formula is C52H58N2O3S. The minimum atomic E-state index is -3.89. The van der Waals surface area contributed by atoms with Gasteiger partial charge in [-0.3, -0.25) is 0 Å². The zero-order chi connectivity index (χ0) is 42.0. The average molecular weight is 791 g/mol. The van der Waals surface area contributed by atoms with Crippen LogP contribution >= 0.6 is 0 Å². The lowest BCUT2D eigenvalue weighted by atomic mass is 9.86. The van der Waals surface area contributed by atoms with E-state index in [0.29, 0.717) is 11.5 Å². The second kappa shape index (κ2) is 14.5. The number of nitrogens with zero attached hydrogens (tertiary/aromatic N) is 2. The van der Waals surface area contributed by atoms with Gasteiger partial charge in [-0.1, -0.05) is 132 Å². The monoisotopic (exact) mass is 790 g/mol. The Bertz CT molecular complexity index is 2260. The summed E-state index contributed by atoms with van der Waals surface area (Å²) in [4.78, 5) is 4.61. The molecule has 6 aromatic rings. The molecule has 0 N–H and O–H groups in total. The third-order valence-electron chi connectivity index (χ3n) is 11.1. The topological polar surface area (TPSA) is 49.9 Å². The molecular weight excluding hydrogens is 733 g/mol. The molecule has 0 radical (unpaired) electrons. The second-order valence-electron chi connectivity index (χ2n) is 19.7. The Morgan fingerprint density at radius 2 is 0.569 bits per heavy atom. The molecule has 6 heteroatoms. The summed E-state index contributed by atoms with van der Waals surface area (Å²) in [5.41, 5.74) is 10.4. The molecule has 1 heterocycles. The maximum Gasteiger partial charge on any atom is 0.213 e. The van der Waals surface area contributed by atoms with Gasteiger partial charge in [0, 0.05) is 46.3 Å². The molecule has 0 unspecified atom stereocenters. The van der Waals surface area contributed by atoms with Gasteiger partial charge in [-0.05, 0) is 117 Å². The SMILES string of the molecule is CC(C)(C)c1ccc(N(c2ccc(C(C)(C)C)cc2)c2ccc3c(c2)Oc2cc(N(c4ccc(C(C)(C)C)cc4)c4ccc(C(C)(C)C)cc4)ccc2S3(=O)=O)cc1. The molecule has 1 aliphatic heterocycles. The highest BCUT2D eigenvalue weighted by Gasteiger charge is 2.33. The minimum Gasteiger partial charge on any atom is -0.454 e. The quantitative estimate of drug-likeness (QED) is 0.168. The van der Waals surface area contributed by atoms with Gasteiger partial charge in [-0.25, -0.2) is 8.42 Å². The van der Waals surface area contributed by atoms with Crippen LogP contribution in [0.25, 0.3) is 0 Å². The Morgan fingerprint density at radius 1 is 0.345 bits per heavy atom. The van der Waals surface area contributed by atoms with Gasteiger partial charge in [-0.2, -0.15) is 0 Å². The number of anilines is 6. The predicted octanol–water partition coefficient (Wildman–Crippen LogP) is 14.8. The van der Waals surface area contributed by atoms with Crippen LogP contribution in [0.15, 0.2) is 143 Å². The number of ether oxygens (including phenoxy) is 1. The van der Waals surface area contributed by atoms with Gasteiger partial charge in [0.1, 0.15) is 21.3 Å². The summed E-state index contributed by atoms with van der Waals surface area (Å²) in [7, 11) is -3.89. The number of benzene rings is 6. The first kappa shape index (κ1) is 40.9. The van der Waals surface area contributed by atoms with Crippen LogP contribution in [0.3, 0.4) is 0 Å². The number of rotatable bonds is 6. The van der Waals surface area contributed by atoms with Crippen molar-refractivity contribution in [2.24, 2.45) is 0 Å². The van der Waals surface area contributed by atoms with Crippen LogP contribution in [0.1, 0.15) is 105 Å². The lowest BCUT2D eigenvalue weighted by Gasteiger charge is -2.30. The van der Waals surface area contributed by atoms with Crippen molar-refractivity contribution in [1.82, 2.24) is 0 Å². The summed E-state index contributed by atoms with van der Waals surface area (Å²) in [5, 5.41) is 0. The molecule has 0 fully saturated rings. The normalized spacial score (nSPS) is 13.9. The second-order valence-corrected chi connectivity index (χ2v) is 21.6. The molecule has 6 aromatic carbocycles.